The molecule has 1 aliphatic rings. The molecule has 0 spiro atoms. The highest BCUT2D eigenvalue weighted by Crippen LogP contribution is 2.26. The smallest absolute Gasteiger partial charge is 0.261 e. The van der Waals surface area contributed by atoms with Crippen LogP contribution in [0.1, 0.15) is 0 Å². The van der Waals surface area contributed by atoms with Crippen molar-refractivity contribution < 1.29 is 14.3 Å². The quantitative estimate of drug-likeness (QED) is 0.916. The molecule has 1 saturated heterocycles. The van der Waals surface area contributed by atoms with Gasteiger partial charge in [-0.1, -0.05) is 23.2 Å². The number of nitrogens with zero attached hydrogens (tertiary/aromatic N) is 1. The van der Waals surface area contributed by atoms with Crippen LogP contribution >= 0.6 is 23.2 Å². The third-order valence-corrected chi connectivity index (χ3v) is 3.38. The lowest BCUT2D eigenvalue weighted by Gasteiger charge is -2.26. The predicted octanol–water partition coefficient (Wildman–Crippen LogP) is 1.33. The molecule has 0 aromatic heterocycles. The van der Waals surface area contributed by atoms with Crippen molar-refractivity contribution in [3.05, 3.63) is 28.2 Å². The van der Waals surface area contributed by atoms with Gasteiger partial charge in [-0.2, -0.15) is 0 Å². The average molecular weight is 303 g/mol. The highest BCUT2D eigenvalue weighted by molar-refractivity contribution is 6.42. The van der Waals surface area contributed by atoms with E-state index in [9.17, 15) is 9.59 Å². The summed E-state index contributed by atoms with van der Waals surface area (Å²) in [7, 11) is 0. The van der Waals surface area contributed by atoms with E-state index >= 15 is 0 Å². The summed E-state index contributed by atoms with van der Waals surface area (Å²) in [6.07, 6.45) is 0. The van der Waals surface area contributed by atoms with Gasteiger partial charge >= 0.3 is 0 Å². The van der Waals surface area contributed by atoms with E-state index in [1.54, 1.807) is 18.2 Å². The molecular formula is C12H12Cl2N2O3. The molecule has 0 saturated carbocycles. The van der Waals surface area contributed by atoms with Gasteiger partial charge < -0.3 is 15.0 Å². The number of nitrogens with one attached hydrogen (secondary N) is 1. The Morgan fingerprint density at radius 1 is 1.37 bits per heavy atom. The van der Waals surface area contributed by atoms with Crippen LogP contribution in [0.5, 0.6) is 5.75 Å². The van der Waals surface area contributed by atoms with E-state index in [0.717, 1.165) is 0 Å². The minimum atomic E-state index is -0.235. The SMILES string of the molecule is O=C1CN(C(=O)COc2ccc(Cl)c(Cl)c2)CCN1. The van der Waals surface area contributed by atoms with Crippen molar-refractivity contribution in [1.82, 2.24) is 10.2 Å². The Kier molecular flexibility index (Phi) is 4.50. The van der Waals surface area contributed by atoms with E-state index in [4.69, 9.17) is 27.9 Å². The molecule has 0 bridgehead atoms. The van der Waals surface area contributed by atoms with Crippen molar-refractivity contribution in [1.29, 1.82) is 0 Å². The molecular weight excluding hydrogens is 291 g/mol. The molecule has 0 radical (unpaired) electrons. The molecule has 1 aromatic carbocycles. The molecule has 1 N–H and O–H groups in total. The lowest BCUT2D eigenvalue weighted by molar-refractivity contribution is -0.139. The molecule has 1 heterocycles. The topological polar surface area (TPSA) is 58.6 Å². The van der Waals surface area contributed by atoms with Gasteiger partial charge in [0.1, 0.15) is 5.75 Å². The number of halogens is 2. The maximum atomic E-state index is 11.8. The fraction of sp³-hybridized carbons (Fsp3) is 0.333. The van der Waals surface area contributed by atoms with Crippen LogP contribution in [0.2, 0.25) is 10.0 Å². The van der Waals surface area contributed by atoms with E-state index in [1.807, 2.05) is 0 Å². The number of benzene rings is 1. The number of carbonyl (C=O) groups excluding carboxylic acids is 2. The van der Waals surface area contributed by atoms with Gasteiger partial charge in [-0.15, -0.1) is 0 Å². The summed E-state index contributed by atoms with van der Waals surface area (Å²) >= 11 is 11.6. The molecule has 1 aliphatic heterocycles. The van der Waals surface area contributed by atoms with E-state index < -0.39 is 0 Å². The van der Waals surface area contributed by atoms with E-state index in [2.05, 4.69) is 5.32 Å². The zero-order chi connectivity index (χ0) is 13.8. The molecule has 19 heavy (non-hydrogen) atoms. The van der Waals surface area contributed by atoms with Crippen LogP contribution in [-0.2, 0) is 9.59 Å². The second-order valence-corrected chi connectivity index (χ2v) is 4.84. The van der Waals surface area contributed by atoms with Crippen LogP contribution in [-0.4, -0.2) is 43.0 Å². The van der Waals surface area contributed by atoms with Crippen LogP contribution in [0.25, 0.3) is 0 Å². The molecule has 0 aliphatic carbocycles. The van der Waals surface area contributed by atoms with E-state index in [1.165, 1.54) is 4.90 Å². The summed E-state index contributed by atoms with van der Waals surface area (Å²) in [6, 6.07) is 4.77. The standard InChI is InChI=1S/C12H12Cl2N2O3/c13-9-2-1-8(5-10(9)14)19-7-12(18)16-4-3-15-11(17)6-16/h1-2,5H,3-4,6-7H2,(H,15,17). The van der Waals surface area contributed by atoms with Crippen molar-refractivity contribution in [2.45, 2.75) is 0 Å². The Bertz CT molecular complexity index is 508. The molecule has 102 valence electrons. The van der Waals surface area contributed by atoms with Gasteiger partial charge in [-0.25, -0.2) is 0 Å². The maximum absolute atomic E-state index is 11.8. The summed E-state index contributed by atoms with van der Waals surface area (Å²) in [5.41, 5.74) is 0. The third-order valence-electron chi connectivity index (χ3n) is 2.64. The van der Waals surface area contributed by atoms with Crippen LogP contribution in [0, 0.1) is 0 Å². The summed E-state index contributed by atoms with van der Waals surface area (Å²) in [5.74, 6) is 0.0688. The normalized spacial score (nSPS) is 15.1. The highest BCUT2D eigenvalue weighted by Gasteiger charge is 2.21. The van der Waals surface area contributed by atoms with Crippen molar-refractivity contribution >= 4 is 35.0 Å². The van der Waals surface area contributed by atoms with Crippen molar-refractivity contribution in [2.24, 2.45) is 0 Å². The highest BCUT2D eigenvalue weighted by atomic mass is 35.5. The van der Waals surface area contributed by atoms with Gasteiger partial charge in [0.25, 0.3) is 5.91 Å². The number of ether oxygens (including phenoxy) is 1. The zero-order valence-corrected chi connectivity index (χ0v) is 11.5. The Morgan fingerprint density at radius 2 is 2.16 bits per heavy atom. The molecule has 1 fully saturated rings. The minimum Gasteiger partial charge on any atom is -0.484 e. The lowest BCUT2D eigenvalue weighted by atomic mass is 10.3. The van der Waals surface area contributed by atoms with Crippen molar-refractivity contribution in [2.75, 3.05) is 26.2 Å². The average Bonchev–Trinajstić information content (AvgIpc) is 2.40. The zero-order valence-electron chi connectivity index (χ0n) is 9.99. The molecule has 0 atom stereocenters. The molecule has 7 heteroatoms. The first-order valence-electron chi connectivity index (χ1n) is 5.68. The number of rotatable bonds is 3. The summed E-state index contributed by atoms with van der Waals surface area (Å²) in [5, 5.41) is 3.44. The molecule has 2 rings (SSSR count). The van der Waals surface area contributed by atoms with E-state index in [-0.39, 0.29) is 25.0 Å². The number of hydrogen-bond donors (Lipinski definition) is 1. The number of piperazine rings is 1. The number of amides is 2. The van der Waals surface area contributed by atoms with Gasteiger partial charge in [0.15, 0.2) is 6.61 Å². The summed E-state index contributed by atoms with van der Waals surface area (Å²) in [4.78, 5) is 24.4. The van der Waals surface area contributed by atoms with Crippen LogP contribution < -0.4 is 10.1 Å². The van der Waals surface area contributed by atoms with Crippen LogP contribution in [0.4, 0.5) is 0 Å². The van der Waals surface area contributed by atoms with Gasteiger partial charge in [-0.05, 0) is 12.1 Å². The Labute approximate surface area is 120 Å². The first-order chi connectivity index (χ1) is 9.06. The van der Waals surface area contributed by atoms with Crippen LogP contribution in [0.3, 0.4) is 0 Å². The third kappa shape index (κ3) is 3.75. The molecule has 0 unspecified atom stereocenters. The van der Waals surface area contributed by atoms with Gasteiger partial charge in [0, 0.05) is 19.2 Å². The summed E-state index contributed by atoms with van der Waals surface area (Å²) < 4.78 is 5.33. The Balaban J connectivity index is 1.89. The fourth-order valence-corrected chi connectivity index (χ4v) is 1.94. The van der Waals surface area contributed by atoms with Crippen molar-refractivity contribution in [3.63, 3.8) is 0 Å². The molecule has 5 nitrogen and oxygen atoms in total. The minimum absolute atomic E-state index is 0.0730. The predicted molar refractivity (Wildman–Crippen MR) is 71.5 cm³/mol. The monoisotopic (exact) mass is 302 g/mol. The first-order valence-corrected chi connectivity index (χ1v) is 6.44. The Hall–Kier alpha value is -1.46. The van der Waals surface area contributed by atoms with Gasteiger partial charge in [0.2, 0.25) is 5.91 Å². The Morgan fingerprint density at radius 3 is 2.84 bits per heavy atom. The first kappa shape index (κ1) is 14.0. The number of hydrogen-bond acceptors (Lipinski definition) is 3. The fourth-order valence-electron chi connectivity index (χ4n) is 1.65. The largest absolute Gasteiger partial charge is 0.484 e. The summed E-state index contributed by atoms with van der Waals surface area (Å²) in [6.45, 7) is 0.904. The molecule has 1 aromatic rings. The van der Waals surface area contributed by atoms with Gasteiger partial charge in [0.05, 0.1) is 16.6 Å². The molecule has 2 amide bonds. The lowest BCUT2D eigenvalue weighted by Crippen LogP contribution is -2.51. The van der Waals surface area contributed by atoms with Crippen LogP contribution in [0.15, 0.2) is 18.2 Å². The second kappa shape index (κ2) is 6.12. The van der Waals surface area contributed by atoms with Crippen molar-refractivity contribution in [3.8, 4) is 5.75 Å². The van der Waals surface area contributed by atoms with E-state index in [0.29, 0.717) is 28.9 Å². The van der Waals surface area contributed by atoms with Gasteiger partial charge in [-0.3, -0.25) is 9.59 Å². The maximum Gasteiger partial charge on any atom is 0.261 e. The number of carbonyl (C=O) groups is 2. The second-order valence-electron chi connectivity index (χ2n) is 4.03.